The summed E-state index contributed by atoms with van der Waals surface area (Å²) in [6.45, 7) is 0. The summed E-state index contributed by atoms with van der Waals surface area (Å²) < 4.78 is 94.6. The Morgan fingerprint density at radius 3 is 1.83 bits per heavy atom. The van der Waals surface area contributed by atoms with Gasteiger partial charge in [0, 0.05) is 5.56 Å². The van der Waals surface area contributed by atoms with E-state index in [1.54, 1.807) is 0 Å². The van der Waals surface area contributed by atoms with Crippen LogP contribution in [0.15, 0.2) is 30.3 Å². The second-order valence-electron chi connectivity index (χ2n) is 3.36. The fourth-order valence-electron chi connectivity index (χ4n) is 1.31. The minimum atomic E-state index is -6.12. The van der Waals surface area contributed by atoms with E-state index in [4.69, 9.17) is 4.55 Å². The van der Waals surface area contributed by atoms with Crippen LogP contribution in [0.4, 0.5) is 22.0 Å². The largest absolute Gasteiger partial charge is 0.361 e. The zero-order chi connectivity index (χ0) is 14.2. The van der Waals surface area contributed by atoms with Crippen LogP contribution in [0, 0.1) is 0 Å². The predicted molar refractivity (Wildman–Crippen MR) is 51.7 cm³/mol. The van der Waals surface area contributed by atoms with Crippen molar-refractivity contribution in [3.05, 3.63) is 35.9 Å². The Kier molecular flexibility index (Phi) is 3.68. The number of alkyl halides is 5. The standard InChI is InChI=1S/C9H7F5O3S/c10-7(11)8(12,13)9(14,18(15,16)17)6-4-2-1-3-5-6/h1-5,7H,(H,15,16,17). The lowest BCUT2D eigenvalue weighted by Gasteiger charge is -2.30. The van der Waals surface area contributed by atoms with Crippen LogP contribution < -0.4 is 0 Å². The maximum Gasteiger partial charge on any atom is 0.361 e. The molecule has 1 atom stereocenters. The van der Waals surface area contributed by atoms with Crippen molar-refractivity contribution in [2.24, 2.45) is 0 Å². The number of rotatable bonds is 4. The van der Waals surface area contributed by atoms with E-state index >= 15 is 0 Å². The highest BCUT2D eigenvalue weighted by molar-refractivity contribution is 7.86. The van der Waals surface area contributed by atoms with E-state index in [1.165, 1.54) is 6.07 Å². The summed E-state index contributed by atoms with van der Waals surface area (Å²) >= 11 is 0. The Morgan fingerprint density at radius 2 is 1.50 bits per heavy atom. The average Bonchev–Trinajstić information content (AvgIpc) is 2.27. The van der Waals surface area contributed by atoms with E-state index in [9.17, 15) is 30.4 Å². The monoisotopic (exact) mass is 290 g/mol. The molecular formula is C9H7F5O3S. The molecule has 18 heavy (non-hydrogen) atoms. The highest BCUT2D eigenvalue weighted by atomic mass is 32.2. The first-order chi connectivity index (χ1) is 8.05. The van der Waals surface area contributed by atoms with Crippen molar-refractivity contribution in [3.8, 4) is 0 Å². The van der Waals surface area contributed by atoms with Crippen molar-refractivity contribution < 1.29 is 34.9 Å². The third-order valence-corrected chi connectivity index (χ3v) is 3.42. The second-order valence-corrected chi connectivity index (χ2v) is 4.87. The summed E-state index contributed by atoms with van der Waals surface area (Å²) in [5.74, 6) is -5.60. The lowest BCUT2D eigenvalue weighted by molar-refractivity contribution is -0.190. The Bertz CT molecular complexity index is 516. The van der Waals surface area contributed by atoms with E-state index < -0.39 is 33.0 Å². The van der Waals surface area contributed by atoms with Crippen LogP contribution in [0.5, 0.6) is 0 Å². The van der Waals surface area contributed by atoms with Crippen molar-refractivity contribution in [3.63, 3.8) is 0 Å². The third-order valence-electron chi connectivity index (χ3n) is 2.20. The molecule has 1 aromatic rings. The van der Waals surface area contributed by atoms with E-state index in [1.807, 2.05) is 0 Å². The summed E-state index contributed by atoms with van der Waals surface area (Å²) in [5, 5.41) is -4.91. The molecule has 0 spiro atoms. The highest BCUT2D eigenvalue weighted by Gasteiger charge is 2.70. The van der Waals surface area contributed by atoms with Crippen molar-refractivity contribution in [2.75, 3.05) is 0 Å². The van der Waals surface area contributed by atoms with Gasteiger partial charge in [0.25, 0.3) is 0 Å². The summed E-state index contributed by atoms with van der Waals surface area (Å²) in [5.41, 5.74) is -1.28. The maximum atomic E-state index is 14.0. The molecule has 1 aromatic carbocycles. The molecule has 1 unspecified atom stereocenters. The minimum Gasteiger partial charge on any atom is -0.283 e. The van der Waals surface area contributed by atoms with E-state index in [2.05, 4.69) is 0 Å². The zero-order valence-electron chi connectivity index (χ0n) is 8.53. The molecule has 0 saturated heterocycles. The van der Waals surface area contributed by atoms with Gasteiger partial charge in [-0.25, -0.2) is 13.2 Å². The summed E-state index contributed by atoms with van der Waals surface area (Å²) in [7, 11) is -6.12. The van der Waals surface area contributed by atoms with Gasteiger partial charge in [-0.2, -0.15) is 17.2 Å². The van der Waals surface area contributed by atoms with Crippen LogP contribution in [-0.2, 0) is 15.1 Å². The zero-order valence-corrected chi connectivity index (χ0v) is 9.34. The van der Waals surface area contributed by atoms with Crippen molar-refractivity contribution >= 4 is 10.1 Å². The van der Waals surface area contributed by atoms with Gasteiger partial charge in [-0.1, -0.05) is 30.3 Å². The van der Waals surface area contributed by atoms with Gasteiger partial charge >= 0.3 is 27.5 Å². The van der Waals surface area contributed by atoms with E-state index in [0.29, 0.717) is 12.1 Å². The van der Waals surface area contributed by atoms with Gasteiger partial charge in [0.2, 0.25) is 0 Å². The number of halogens is 5. The van der Waals surface area contributed by atoms with E-state index in [-0.39, 0.29) is 0 Å². The SMILES string of the molecule is O=S(=O)(O)C(F)(c1ccccc1)C(F)(F)C(F)F. The smallest absolute Gasteiger partial charge is 0.283 e. The summed E-state index contributed by atoms with van der Waals surface area (Å²) in [4.78, 5) is 0. The predicted octanol–water partition coefficient (Wildman–Crippen LogP) is 2.60. The van der Waals surface area contributed by atoms with Gasteiger partial charge < -0.3 is 0 Å². The number of benzene rings is 1. The molecule has 0 bridgehead atoms. The highest BCUT2D eigenvalue weighted by Crippen LogP contribution is 2.48. The van der Waals surface area contributed by atoms with Crippen LogP contribution >= 0.6 is 0 Å². The number of hydrogen-bond donors (Lipinski definition) is 1. The fraction of sp³-hybridized carbons (Fsp3) is 0.333. The molecule has 0 aliphatic rings. The third kappa shape index (κ3) is 2.07. The Balaban J connectivity index is 3.59. The summed E-state index contributed by atoms with van der Waals surface area (Å²) in [6.07, 6.45) is -4.61. The van der Waals surface area contributed by atoms with Gasteiger partial charge in [0.05, 0.1) is 0 Å². The fourth-order valence-corrected chi connectivity index (χ4v) is 2.17. The maximum absolute atomic E-state index is 14.0. The molecule has 0 amide bonds. The molecule has 0 heterocycles. The molecule has 1 N–H and O–H groups in total. The van der Waals surface area contributed by atoms with Gasteiger partial charge in [-0.3, -0.25) is 4.55 Å². The van der Waals surface area contributed by atoms with Crippen molar-refractivity contribution in [2.45, 2.75) is 17.3 Å². The molecule has 0 saturated carbocycles. The molecule has 0 radical (unpaired) electrons. The number of hydrogen-bond acceptors (Lipinski definition) is 2. The first kappa shape index (κ1) is 14.8. The molecule has 0 aromatic heterocycles. The molecule has 0 aliphatic heterocycles. The second kappa shape index (κ2) is 4.47. The average molecular weight is 290 g/mol. The summed E-state index contributed by atoms with van der Waals surface area (Å²) in [6, 6.07) is 4.29. The molecule has 0 aliphatic carbocycles. The molecule has 102 valence electrons. The van der Waals surface area contributed by atoms with Gasteiger partial charge in [-0.05, 0) is 0 Å². The van der Waals surface area contributed by atoms with Crippen LogP contribution in [0.25, 0.3) is 0 Å². The van der Waals surface area contributed by atoms with Crippen LogP contribution in [0.3, 0.4) is 0 Å². The Labute approximate surface area is 99.0 Å². The van der Waals surface area contributed by atoms with Crippen LogP contribution in [0.1, 0.15) is 5.56 Å². The van der Waals surface area contributed by atoms with Crippen LogP contribution in [0.2, 0.25) is 0 Å². The lowest BCUT2D eigenvalue weighted by Crippen LogP contribution is -2.52. The van der Waals surface area contributed by atoms with Crippen LogP contribution in [-0.4, -0.2) is 25.3 Å². The van der Waals surface area contributed by atoms with Gasteiger partial charge in [-0.15, -0.1) is 0 Å². The van der Waals surface area contributed by atoms with Crippen molar-refractivity contribution in [1.29, 1.82) is 0 Å². The lowest BCUT2D eigenvalue weighted by atomic mass is 10.0. The molecular weight excluding hydrogens is 283 g/mol. The van der Waals surface area contributed by atoms with Gasteiger partial charge in [0.15, 0.2) is 0 Å². The molecule has 3 nitrogen and oxygen atoms in total. The first-order valence-electron chi connectivity index (χ1n) is 4.42. The Hall–Kier alpha value is -1.22. The quantitative estimate of drug-likeness (QED) is 0.685. The van der Waals surface area contributed by atoms with Crippen molar-refractivity contribution in [1.82, 2.24) is 0 Å². The normalized spacial score (nSPS) is 16.6. The topological polar surface area (TPSA) is 54.4 Å². The minimum absolute atomic E-state index is 0.560. The Morgan fingerprint density at radius 1 is 1.06 bits per heavy atom. The van der Waals surface area contributed by atoms with E-state index in [0.717, 1.165) is 12.1 Å². The molecule has 9 heteroatoms. The first-order valence-corrected chi connectivity index (χ1v) is 5.86. The molecule has 0 fully saturated rings. The molecule has 1 rings (SSSR count). The van der Waals surface area contributed by atoms with Gasteiger partial charge in [0.1, 0.15) is 0 Å².